The van der Waals surface area contributed by atoms with Gasteiger partial charge in [-0.25, -0.2) is 9.50 Å². The van der Waals surface area contributed by atoms with Crippen molar-refractivity contribution in [2.24, 2.45) is 17.8 Å². The smallest absolute Gasteiger partial charge is 0.234 e. The Bertz CT molecular complexity index is 2180. The van der Waals surface area contributed by atoms with E-state index in [0.29, 0.717) is 12.8 Å². The number of aryl methyl sites for hydroxylation is 1. The zero-order chi connectivity index (χ0) is 38.2. The largest absolute Gasteiger partial charge is 0.387 e. The average Bonchev–Trinajstić information content (AvgIpc) is 3.89. The number of amides is 2. The first-order valence-corrected chi connectivity index (χ1v) is 21.2. The van der Waals surface area contributed by atoms with Gasteiger partial charge in [0.2, 0.25) is 16.9 Å². The average molecular weight is 774 g/mol. The summed E-state index contributed by atoms with van der Waals surface area (Å²) in [6.45, 7) is 9.80. The van der Waals surface area contributed by atoms with Crippen LogP contribution in [0.1, 0.15) is 68.4 Å². The van der Waals surface area contributed by atoms with Crippen molar-refractivity contribution in [1.29, 1.82) is 0 Å². The minimum atomic E-state index is -0.284. The van der Waals surface area contributed by atoms with E-state index in [9.17, 15) is 9.59 Å². The van der Waals surface area contributed by atoms with Gasteiger partial charge in [0.05, 0.1) is 34.6 Å². The minimum absolute atomic E-state index is 0.183. The number of anilines is 3. The molecule has 0 spiro atoms. The highest BCUT2D eigenvalue weighted by Crippen LogP contribution is 2.39. The molecule has 5 aromatic heterocycles. The van der Waals surface area contributed by atoms with Gasteiger partial charge in [-0.1, -0.05) is 17.4 Å². The predicted octanol–water partition coefficient (Wildman–Crippen LogP) is 6.03. The van der Waals surface area contributed by atoms with Crippen LogP contribution in [-0.4, -0.2) is 99.4 Å². The Morgan fingerprint density at radius 1 is 0.821 bits per heavy atom. The van der Waals surface area contributed by atoms with Crippen molar-refractivity contribution in [3.63, 3.8) is 0 Å². The Morgan fingerprint density at radius 3 is 2.32 bits per heavy atom. The molecule has 292 valence electrons. The summed E-state index contributed by atoms with van der Waals surface area (Å²) in [5.74, 6) is 2.64. The van der Waals surface area contributed by atoms with E-state index >= 15 is 0 Å². The number of hydrogen-bond donors (Lipinski definition) is 2. The summed E-state index contributed by atoms with van der Waals surface area (Å²) >= 11 is 1.66. The summed E-state index contributed by atoms with van der Waals surface area (Å²) < 4.78 is 1.94. The molecule has 9 rings (SSSR count). The molecular weight excluding hydrogens is 723 g/mol. The van der Waals surface area contributed by atoms with Crippen LogP contribution in [0, 0.1) is 24.7 Å². The first kappa shape index (κ1) is 36.7. The van der Waals surface area contributed by atoms with Crippen molar-refractivity contribution in [3.8, 4) is 22.0 Å². The molecule has 4 aliphatic heterocycles. The standard InChI is InChI=1S/C42H51N11O2S/c1-27-21-32-4-6-37(53(32)46-23-27)36-22-35(43-2)34(25-44-36)41-48-49-42(56-41)52-19-13-30(14-20-52)29-11-15-50(16-12-29)26-28-9-17-51(18-10-28)38-7-3-31(24-45-38)33-5-8-39(54)47-40(33)55/h3-4,6-7,21-25,28-30,33H,5,8-20,26H2,1-2H3,(H,43,44)(H,47,54,55). The van der Waals surface area contributed by atoms with E-state index in [4.69, 9.17) is 9.97 Å². The summed E-state index contributed by atoms with van der Waals surface area (Å²) in [7, 11) is 1.94. The monoisotopic (exact) mass is 773 g/mol. The Labute approximate surface area is 331 Å². The van der Waals surface area contributed by atoms with E-state index in [1.165, 1.54) is 58.2 Å². The molecule has 0 saturated carbocycles. The molecule has 4 aliphatic rings. The third-order valence-electron chi connectivity index (χ3n) is 12.7. The van der Waals surface area contributed by atoms with Crippen LogP contribution < -0.4 is 20.4 Å². The van der Waals surface area contributed by atoms with Crippen molar-refractivity contribution in [1.82, 2.24) is 40.0 Å². The van der Waals surface area contributed by atoms with Gasteiger partial charge in [0.25, 0.3) is 0 Å². The molecule has 2 N–H and O–H groups in total. The van der Waals surface area contributed by atoms with E-state index in [-0.39, 0.29) is 17.7 Å². The fraction of sp³-hybridized carbons (Fsp3) is 0.500. The highest BCUT2D eigenvalue weighted by atomic mass is 32.1. The van der Waals surface area contributed by atoms with Gasteiger partial charge in [-0.3, -0.25) is 19.9 Å². The van der Waals surface area contributed by atoms with Crippen molar-refractivity contribution in [2.75, 3.05) is 68.0 Å². The van der Waals surface area contributed by atoms with E-state index in [2.05, 4.69) is 71.8 Å². The molecule has 9 heterocycles. The van der Waals surface area contributed by atoms with Crippen molar-refractivity contribution >= 4 is 45.3 Å². The minimum Gasteiger partial charge on any atom is -0.387 e. The molecule has 0 aromatic carbocycles. The van der Waals surface area contributed by atoms with Crippen LogP contribution in [0.3, 0.4) is 0 Å². The predicted molar refractivity (Wildman–Crippen MR) is 220 cm³/mol. The van der Waals surface area contributed by atoms with Crippen LogP contribution in [-0.2, 0) is 9.59 Å². The van der Waals surface area contributed by atoms with Gasteiger partial charge in [-0.2, -0.15) is 5.10 Å². The lowest BCUT2D eigenvalue weighted by atomic mass is 9.78. The van der Waals surface area contributed by atoms with Gasteiger partial charge in [0.1, 0.15) is 5.82 Å². The van der Waals surface area contributed by atoms with Gasteiger partial charge < -0.3 is 20.0 Å². The number of aromatic nitrogens is 6. The maximum Gasteiger partial charge on any atom is 0.234 e. The molecule has 56 heavy (non-hydrogen) atoms. The summed E-state index contributed by atoms with van der Waals surface area (Å²) in [6, 6.07) is 12.4. The van der Waals surface area contributed by atoms with Crippen molar-refractivity contribution in [3.05, 3.63) is 66.1 Å². The summed E-state index contributed by atoms with van der Waals surface area (Å²) in [5, 5.41) is 21.6. The fourth-order valence-corrected chi connectivity index (χ4v) is 10.3. The first-order chi connectivity index (χ1) is 27.4. The second-order valence-electron chi connectivity index (χ2n) is 16.2. The Morgan fingerprint density at radius 2 is 1.59 bits per heavy atom. The maximum absolute atomic E-state index is 12.3. The van der Waals surface area contributed by atoms with E-state index in [0.717, 1.165) is 99.2 Å². The molecule has 2 amide bonds. The summed E-state index contributed by atoms with van der Waals surface area (Å²) in [4.78, 5) is 40.9. The van der Waals surface area contributed by atoms with Gasteiger partial charge in [0, 0.05) is 64.3 Å². The number of pyridine rings is 2. The number of hydrogen-bond acceptors (Lipinski definition) is 12. The van der Waals surface area contributed by atoms with Crippen LogP contribution in [0.2, 0.25) is 0 Å². The van der Waals surface area contributed by atoms with Gasteiger partial charge in [-0.15, -0.1) is 10.2 Å². The number of piperidine rings is 4. The number of nitrogens with zero attached hydrogens (tertiary/aromatic N) is 9. The number of rotatable bonds is 9. The Hall–Kier alpha value is -4.95. The molecule has 0 aliphatic carbocycles. The molecule has 0 bridgehead atoms. The zero-order valence-electron chi connectivity index (χ0n) is 32.4. The number of nitrogens with one attached hydrogen (secondary N) is 2. The molecule has 0 radical (unpaired) electrons. The summed E-state index contributed by atoms with van der Waals surface area (Å²) in [5.41, 5.74) is 6.84. The molecule has 1 unspecified atom stereocenters. The second-order valence-corrected chi connectivity index (χ2v) is 17.1. The molecule has 4 saturated heterocycles. The summed E-state index contributed by atoms with van der Waals surface area (Å²) in [6.07, 6.45) is 14.0. The highest BCUT2D eigenvalue weighted by Gasteiger charge is 2.33. The molecule has 13 nitrogen and oxygen atoms in total. The van der Waals surface area contributed by atoms with Crippen LogP contribution in [0.25, 0.3) is 27.5 Å². The molecule has 14 heteroatoms. The maximum atomic E-state index is 12.3. The second kappa shape index (κ2) is 15.9. The highest BCUT2D eigenvalue weighted by molar-refractivity contribution is 7.18. The number of fused-ring (bicyclic) bond motifs is 1. The van der Waals surface area contributed by atoms with Crippen molar-refractivity contribution < 1.29 is 9.59 Å². The Balaban J connectivity index is 0.723. The SMILES string of the molecule is CNc1cc(-c2ccc3cc(C)cnn23)ncc1-c1nnc(N2CCC(C3CCN(CC4CCN(c5ccc(C6CCC(=O)NC6=O)cn5)CC4)CC3)CC2)s1. The molecular formula is C42H51N11O2S. The third-order valence-corrected chi connectivity index (χ3v) is 13.7. The number of carbonyl (C=O) groups is 2. The van der Waals surface area contributed by atoms with Gasteiger partial charge in [-0.05, 0) is 124 Å². The number of likely N-dealkylation sites (tertiary alicyclic amines) is 1. The molecule has 5 aromatic rings. The van der Waals surface area contributed by atoms with E-state index in [1.54, 1.807) is 11.3 Å². The van der Waals surface area contributed by atoms with Crippen LogP contribution in [0.15, 0.2) is 55.0 Å². The lowest BCUT2D eigenvalue weighted by Gasteiger charge is -2.41. The molecule has 4 fully saturated rings. The lowest BCUT2D eigenvalue weighted by molar-refractivity contribution is -0.134. The fourth-order valence-electron chi connectivity index (χ4n) is 9.40. The Kier molecular flexibility index (Phi) is 10.4. The third kappa shape index (κ3) is 7.60. The van der Waals surface area contributed by atoms with Gasteiger partial charge in [0.15, 0.2) is 5.01 Å². The topological polar surface area (TPSA) is 137 Å². The van der Waals surface area contributed by atoms with Crippen molar-refractivity contribution in [2.45, 2.75) is 64.2 Å². The number of carbonyl (C=O) groups excluding carboxylic acids is 2. The van der Waals surface area contributed by atoms with Crippen LogP contribution in [0.4, 0.5) is 16.6 Å². The van der Waals surface area contributed by atoms with Crippen LogP contribution >= 0.6 is 11.3 Å². The first-order valence-electron chi connectivity index (χ1n) is 20.4. The number of imide groups is 1. The lowest BCUT2D eigenvalue weighted by Crippen LogP contribution is -2.44. The quantitative estimate of drug-likeness (QED) is 0.170. The zero-order valence-corrected chi connectivity index (χ0v) is 33.2. The molecule has 1 atom stereocenters. The van der Waals surface area contributed by atoms with Gasteiger partial charge >= 0.3 is 0 Å². The van der Waals surface area contributed by atoms with Crippen LogP contribution in [0.5, 0.6) is 0 Å². The van der Waals surface area contributed by atoms with E-state index in [1.807, 2.05) is 42.3 Å². The van der Waals surface area contributed by atoms with E-state index < -0.39 is 0 Å². The normalized spacial score (nSPS) is 20.9.